The second-order valence-corrected chi connectivity index (χ2v) is 7.88. The van der Waals surface area contributed by atoms with E-state index in [-0.39, 0.29) is 0 Å². The molecule has 0 spiro atoms. The van der Waals surface area contributed by atoms with Crippen molar-refractivity contribution < 1.29 is 74.7 Å². The fraction of sp³-hybridized carbons (Fsp3) is 1.00. The van der Waals surface area contributed by atoms with Gasteiger partial charge in [0.25, 0.3) is 0 Å². The first kappa shape index (κ1) is 26.0. The van der Waals surface area contributed by atoms with Gasteiger partial charge in [0.2, 0.25) is 0 Å². The number of aliphatic hydroxyl groups is 10. The largest absolute Gasteiger partial charge is 0.394 e. The molecule has 0 aromatic heterocycles. The molecule has 14 atom stereocenters. The molecule has 10 N–H and O–H groups in total. The molecule has 0 aromatic rings. The van der Waals surface area contributed by atoms with Crippen molar-refractivity contribution in [2.24, 2.45) is 0 Å². The predicted molar refractivity (Wildman–Crippen MR) is 95.2 cm³/mol. The van der Waals surface area contributed by atoms with Crippen molar-refractivity contribution in [3.05, 3.63) is 0 Å². The summed E-state index contributed by atoms with van der Waals surface area (Å²) in [5.74, 6) is 0. The summed E-state index contributed by atoms with van der Waals surface area (Å²) in [6.07, 6.45) is -22.8. The standard InChI is InChI=1S/C17H30O15/c18-1-4-7(20)10(23)13(26)16(29-4)32-14-11(24)8(21)5(2-19)30-17(14)31-6-3-28-15(27)12(25)9(6)22/h4-27H,1-3H2/t4-,5-,6+,7-,8-,9+,10+,11+,12-,13-,14-,15-,16+,17+/m1/s1. The Bertz CT molecular complexity index is 594. The minimum absolute atomic E-state index is 0.408. The predicted octanol–water partition coefficient (Wildman–Crippen LogP) is -6.93. The first-order valence-corrected chi connectivity index (χ1v) is 10.00. The zero-order valence-corrected chi connectivity index (χ0v) is 16.7. The van der Waals surface area contributed by atoms with Crippen molar-refractivity contribution in [2.75, 3.05) is 19.8 Å². The van der Waals surface area contributed by atoms with Crippen molar-refractivity contribution in [1.29, 1.82) is 0 Å². The van der Waals surface area contributed by atoms with Crippen LogP contribution in [0.3, 0.4) is 0 Å². The Morgan fingerprint density at radius 2 is 1.16 bits per heavy atom. The summed E-state index contributed by atoms with van der Waals surface area (Å²) in [6, 6.07) is 0. The number of rotatable bonds is 6. The fourth-order valence-corrected chi connectivity index (χ4v) is 3.72. The summed E-state index contributed by atoms with van der Waals surface area (Å²) in [7, 11) is 0. The topological polar surface area (TPSA) is 248 Å². The molecule has 3 aliphatic heterocycles. The normalized spacial score (nSPS) is 52.7. The van der Waals surface area contributed by atoms with Gasteiger partial charge in [-0.1, -0.05) is 0 Å². The molecule has 3 heterocycles. The third kappa shape index (κ3) is 5.07. The molecule has 0 aromatic carbocycles. The monoisotopic (exact) mass is 474 g/mol. The average Bonchev–Trinajstić information content (AvgIpc) is 2.78. The van der Waals surface area contributed by atoms with Gasteiger partial charge in [0.1, 0.15) is 67.1 Å². The summed E-state index contributed by atoms with van der Waals surface area (Å²) in [6.45, 7) is -1.89. The van der Waals surface area contributed by atoms with Crippen LogP contribution in [0, 0.1) is 0 Å². The number of hydrogen-bond donors (Lipinski definition) is 10. The lowest BCUT2D eigenvalue weighted by Crippen LogP contribution is -2.65. The number of hydrogen-bond acceptors (Lipinski definition) is 15. The maximum absolute atomic E-state index is 10.5. The molecule has 188 valence electrons. The summed E-state index contributed by atoms with van der Waals surface area (Å²) < 4.78 is 26.5. The van der Waals surface area contributed by atoms with Gasteiger partial charge in [-0.2, -0.15) is 0 Å². The van der Waals surface area contributed by atoms with Crippen molar-refractivity contribution in [3.8, 4) is 0 Å². The highest BCUT2D eigenvalue weighted by molar-refractivity contribution is 4.94. The van der Waals surface area contributed by atoms with Gasteiger partial charge >= 0.3 is 0 Å². The SMILES string of the molecule is OC[C@H]1O[C@@H](O[C@H]2[C@H](O[C@H]3CO[C@@H](O)[C@H](O)[C@H]3O)O[C@H](CO)[C@@H](O)[C@@H]2O)[C@H](O)[C@@H](O)[C@@H]1O. The van der Waals surface area contributed by atoms with Crippen molar-refractivity contribution in [3.63, 3.8) is 0 Å². The molecule has 15 heteroatoms. The second-order valence-electron chi connectivity index (χ2n) is 7.88. The lowest BCUT2D eigenvalue weighted by molar-refractivity contribution is -0.381. The van der Waals surface area contributed by atoms with Gasteiger partial charge in [0.05, 0.1) is 19.8 Å². The van der Waals surface area contributed by atoms with E-state index in [2.05, 4.69) is 0 Å². The quantitative estimate of drug-likeness (QED) is 0.172. The smallest absolute Gasteiger partial charge is 0.187 e. The van der Waals surface area contributed by atoms with Crippen LogP contribution in [0.25, 0.3) is 0 Å². The molecule has 3 saturated heterocycles. The van der Waals surface area contributed by atoms with Gasteiger partial charge in [-0.25, -0.2) is 0 Å². The fourth-order valence-electron chi connectivity index (χ4n) is 3.72. The molecule has 0 amide bonds. The van der Waals surface area contributed by atoms with Crippen molar-refractivity contribution in [1.82, 2.24) is 0 Å². The third-order valence-corrected chi connectivity index (χ3v) is 5.73. The van der Waals surface area contributed by atoms with Gasteiger partial charge in [-0.3, -0.25) is 0 Å². The average molecular weight is 474 g/mol. The van der Waals surface area contributed by atoms with Crippen LogP contribution in [0.15, 0.2) is 0 Å². The lowest BCUT2D eigenvalue weighted by Gasteiger charge is -2.47. The minimum Gasteiger partial charge on any atom is -0.394 e. The Balaban J connectivity index is 1.78. The summed E-state index contributed by atoms with van der Waals surface area (Å²) in [5, 5.41) is 98.8. The number of ether oxygens (including phenoxy) is 5. The van der Waals surface area contributed by atoms with Gasteiger partial charge in [0, 0.05) is 0 Å². The van der Waals surface area contributed by atoms with E-state index in [9.17, 15) is 51.1 Å². The van der Waals surface area contributed by atoms with E-state index in [4.69, 9.17) is 23.7 Å². The Kier molecular flexibility index (Phi) is 8.75. The van der Waals surface area contributed by atoms with Crippen LogP contribution in [-0.2, 0) is 23.7 Å². The second kappa shape index (κ2) is 10.8. The molecule has 3 fully saturated rings. The molecule has 15 nitrogen and oxygen atoms in total. The van der Waals surface area contributed by atoms with E-state index in [0.717, 1.165) is 0 Å². The van der Waals surface area contributed by atoms with E-state index in [1.165, 1.54) is 0 Å². The van der Waals surface area contributed by atoms with Crippen LogP contribution in [0.2, 0.25) is 0 Å². The summed E-state index contributed by atoms with van der Waals surface area (Å²) in [4.78, 5) is 0. The van der Waals surface area contributed by atoms with Crippen LogP contribution in [0.4, 0.5) is 0 Å². The van der Waals surface area contributed by atoms with E-state index in [1.807, 2.05) is 0 Å². The third-order valence-electron chi connectivity index (χ3n) is 5.73. The summed E-state index contributed by atoms with van der Waals surface area (Å²) in [5.41, 5.74) is 0. The maximum Gasteiger partial charge on any atom is 0.187 e. The molecular weight excluding hydrogens is 444 g/mol. The van der Waals surface area contributed by atoms with Gasteiger partial charge in [-0.05, 0) is 0 Å². The van der Waals surface area contributed by atoms with E-state index in [0.29, 0.717) is 0 Å². The molecule has 0 saturated carbocycles. The van der Waals surface area contributed by atoms with Crippen LogP contribution < -0.4 is 0 Å². The molecule has 32 heavy (non-hydrogen) atoms. The van der Waals surface area contributed by atoms with Crippen molar-refractivity contribution >= 4 is 0 Å². The first-order chi connectivity index (χ1) is 15.1. The maximum atomic E-state index is 10.5. The molecular formula is C17H30O15. The van der Waals surface area contributed by atoms with Crippen molar-refractivity contribution in [2.45, 2.75) is 86.0 Å². The molecule has 0 bridgehead atoms. The zero-order chi connectivity index (χ0) is 23.7. The Morgan fingerprint density at radius 1 is 0.594 bits per heavy atom. The van der Waals surface area contributed by atoms with E-state index < -0.39 is 106 Å². The Labute approximate surface area is 181 Å². The highest BCUT2D eigenvalue weighted by Gasteiger charge is 2.52. The van der Waals surface area contributed by atoms with Crippen LogP contribution in [0.5, 0.6) is 0 Å². The van der Waals surface area contributed by atoms with Crippen LogP contribution in [0.1, 0.15) is 0 Å². The molecule has 3 aliphatic rings. The first-order valence-electron chi connectivity index (χ1n) is 10.00. The molecule has 0 radical (unpaired) electrons. The van der Waals surface area contributed by atoms with Gasteiger partial charge in [0.15, 0.2) is 18.9 Å². The zero-order valence-electron chi connectivity index (χ0n) is 16.7. The lowest BCUT2D eigenvalue weighted by atomic mass is 9.97. The van der Waals surface area contributed by atoms with Crippen LogP contribution in [-0.4, -0.2) is 157 Å². The highest BCUT2D eigenvalue weighted by atomic mass is 16.8. The molecule has 0 aliphatic carbocycles. The Morgan fingerprint density at radius 3 is 1.75 bits per heavy atom. The van der Waals surface area contributed by atoms with E-state index in [1.54, 1.807) is 0 Å². The highest BCUT2D eigenvalue weighted by Crippen LogP contribution is 2.31. The Hall–Kier alpha value is -0.600. The molecule has 3 rings (SSSR count). The number of aliphatic hydroxyl groups excluding tert-OH is 10. The van der Waals surface area contributed by atoms with Gasteiger partial charge < -0.3 is 74.7 Å². The van der Waals surface area contributed by atoms with Gasteiger partial charge in [-0.15, -0.1) is 0 Å². The molecule has 0 unspecified atom stereocenters. The summed E-state index contributed by atoms with van der Waals surface area (Å²) >= 11 is 0. The van der Waals surface area contributed by atoms with Crippen LogP contribution >= 0.6 is 0 Å². The minimum atomic E-state index is -1.84. The van der Waals surface area contributed by atoms with E-state index >= 15 is 0 Å².